The van der Waals surface area contributed by atoms with Crippen molar-refractivity contribution in [3.05, 3.63) is 47.9 Å². The van der Waals surface area contributed by atoms with Crippen LogP contribution in [0.1, 0.15) is 16.1 Å². The second-order valence-corrected chi connectivity index (χ2v) is 6.68. The quantitative estimate of drug-likeness (QED) is 0.716. The van der Waals surface area contributed by atoms with Crippen molar-refractivity contribution >= 4 is 23.4 Å². The second-order valence-electron chi connectivity index (χ2n) is 6.68. The van der Waals surface area contributed by atoms with Gasteiger partial charge in [-0.2, -0.15) is 0 Å². The highest BCUT2D eigenvalue weighted by molar-refractivity contribution is 5.92. The zero-order chi connectivity index (χ0) is 19.5. The van der Waals surface area contributed by atoms with E-state index in [1.54, 1.807) is 24.3 Å². The molecule has 10 nitrogen and oxygen atoms in total. The van der Waals surface area contributed by atoms with E-state index >= 15 is 0 Å². The van der Waals surface area contributed by atoms with Crippen LogP contribution in [0.25, 0.3) is 0 Å². The number of anilines is 3. The van der Waals surface area contributed by atoms with Gasteiger partial charge in [0, 0.05) is 39.4 Å². The lowest BCUT2D eigenvalue weighted by Gasteiger charge is -2.34. The normalized spacial score (nSPS) is 14.2. The molecule has 3 aromatic rings. The van der Waals surface area contributed by atoms with Gasteiger partial charge in [-0.25, -0.2) is 4.98 Å². The van der Waals surface area contributed by atoms with Crippen LogP contribution in [0.3, 0.4) is 0 Å². The molecule has 1 N–H and O–H groups in total. The third-order valence-corrected chi connectivity index (χ3v) is 4.53. The van der Waals surface area contributed by atoms with Crippen LogP contribution in [0, 0.1) is 6.92 Å². The molecule has 144 valence electrons. The minimum Gasteiger partial charge on any atom is -0.352 e. The molecule has 4 rings (SSSR count). The molecule has 0 atom stereocenters. The highest BCUT2D eigenvalue weighted by Gasteiger charge is 2.24. The third kappa shape index (κ3) is 3.90. The number of piperazine rings is 1. The van der Waals surface area contributed by atoms with Crippen molar-refractivity contribution in [2.45, 2.75) is 6.92 Å². The Morgan fingerprint density at radius 2 is 1.79 bits per heavy atom. The first-order valence-electron chi connectivity index (χ1n) is 9.02. The van der Waals surface area contributed by atoms with Gasteiger partial charge >= 0.3 is 0 Å². The summed E-state index contributed by atoms with van der Waals surface area (Å²) in [5.74, 6) is 2.05. The average molecular weight is 379 g/mol. The fourth-order valence-corrected chi connectivity index (χ4v) is 2.98. The van der Waals surface area contributed by atoms with Gasteiger partial charge in [0.15, 0.2) is 17.3 Å². The van der Waals surface area contributed by atoms with Gasteiger partial charge in [-0.1, -0.05) is 11.3 Å². The van der Waals surface area contributed by atoms with Crippen LogP contribution in [-0.4, -0.2) is 67.2 Å². The van der Waals surface area contributed by atoms with E-state index in [1.807, 2.05) is 31.2 Å². The summed E-state index contributed by atoms with van der Waals surface area (Å²) in [7, 11) is 1.74. The number of hydrogen-bond acceptors (Lipinski definition) is 8. The number of amides is 1. The number of carbonyl (C=O) groups excluding carboxylic acids is 1. The Bertz CT molecular complexity index is 944. The Morgan fingerprint density at radius 3 is 2.39 bits per heavy atom. The lowest BCUT2D eigenvalue weighted by atomic mass is 10.3. The van der Waals surface area contributed by atoms with Gasteiger partial charge < -0.3 is 15.1 Å². The van der Waals surface area contributed by atoms with Crippen LogP contribution in [0.2, 0.25) is 0 Å². The average Bonchev–Trinajstić information content (AvgIpc) is 3.16. The molecule has 4 heterocycles. The Labute approximate surface area is 162 Å². The largest absolute Gasteiger partial charge is 0.352 e. The molecular weight excluding hydrogens is 358 g/mol. The molecule has 3 aromatic heterocycles. The van der Waals surface area contributed by atoms with E-state index in [0.717, 1.165) is 17.2 Å². The SMILES string of the molecule is Cc1ccc(Nc2ccc(N3CCN(C(=O)c4cn(C)nn4)CC3)nn2)nc1. The summed E-state index contributed by atoms with van der Waals surface area (Å²) in [5.41, 5.74) is 1.47. The molecular formula is C18H21N9O. The molecule has 28 heavy (non-hydrogen) atoms. The molecule has 1 saturated heterocycles. The summed E-state index contributed by atoms with van der Waals surface area (Å²) in [4.78, 5) is 20.6. The predicted molar refractivity (Wildman–Crippen MR) is 103 cm³/mol. The van der Waals surface area contributed by atoms with Crippen molar-refractivity contribution in [1.29, 1.82) is 0 Å². The maximum atomic E-state index is 12.4. The number of hydrogen-bond donors (Lipinski definition) is 1. The number of nitrogens with zero attached hydrogens (tertiary/aromatic N) is 8. The molecule has 1 aliphatic rings. The van der Waals surface area contributed by atoms with Crippen molar-refractivity contribution in [3.63, 3.8) is 0 Å². The topological polar surface area (TPSA) is 105 Å². The van der Waals surface area contributed by atoms with Gasteiger partial charge in [0.2, 0.25) is 0 Å². The molecule has 1 amide bonds. The molecule has 0 aliphatic carbocycles. The number of pyridine rings is 1. The van der Waals surface area contributed by atoms with Crippen LogP contribution < -0.4 is 10.2 Å². The molecule has 0 unspecified atom stereocenters. The maximum absolute atomic E-state index is 12.4. The van der Waals surface area contributed by atoms with Gasteiger partial charge in [-0.05, 0) is 30.7 Å². The number of carbonyl (C=O) groups is 1. The molecule has 1 aliphatic heterocycles. The molecule has 0 aromatic carbocycles. The summed E-state index contributed by atoms with van der Waals surface area (Å²) < 4.78 is 1.53. The van der Waals surface area contributed by atoms with Gasteiger partial charge in [0.05, 0.1) is 6.20 Å². The van der Waals surface area contributed by atoms with E-state index in [2.05, 4.69) is 35.7 Å². The van der Waals surface area contributed by atoms with Crippen molar-refractivity contribution < 1.29 is 4.79 Å². The van der Waals surface area contributed by atoms with E-state index < -0.39 is 0 Å². The van der Waals surface area contributed by atoms with Gasteiger partial charge in [-0.15, -0.1) is 15.3 Å². The Morgan fingerprint density at radius 1 is 1.00 bits per heavy atom. The summed E-state index contributed by atoms with van der Waals surface area (Å²) in [6, 6.07) is 7.68. The van der Waals surface area contributed by atoms with Crippen LogP contribution in [0.4, 0.5) is 17.5 Å². The minimum atomic E-state index is -0.0935. The van der Waals surface area contributed by atoms with Gasteiger partial charge in [0.1, 0.15) is 5.82 Å². The smallest absolute Gasteiger partial charge is 0.276 e. The van der Waals surface area contributed by atoms with Crippen molar-refractivity contribution in [2.24, 2.45) is 7.05 Å². The highest BCUT2D eigenvalue weighted by atomic mass is 16.2. The number of rotatable bonds is 4. The molecule has 0 bridgehead atoms. The Hall–Kier alpha value is -3.56. The first-order valence-corrected chi connectivity index (χ1v) is 9.02. The first-order chi connectivity index (χ1) is 13.6. The van der Waals surface area contributed by atoms with Crippen molar-refractivity contribution in [2.75, 3.05) is 36.4 Å². The van der Waals surface area contributed by atoms with E-state index in [9.17, 15) is 4.79 Å². The van der Waals surface area contributed by atoms with Crippen LogP contribution >= 0.6 is 0 Å². The molecule has 0 spiro atoms. The zero-order valence-electron chi connectivity index (χ0n) is 15.8. The van der Waals surface area contributed by atoms with E-state index in [-0.39, 0.29) is 5.91 Å². The second kappa shape index (κ2) is 7.59. The Kier molecular flexibility index (Phi) is 4.83. The van der Waals surface area contributed by atoms with Crippen LogP contribution in [-0.2, 0) is 7.05 Å². The monoisotopic (exact) mass is 379 g/mol. The van der Waals surface area contributed by atoms with Crippen LogP contribution in [0.15, 0.2) is 36.7 Å². The Balaban J connectivity index is 1.34. The summed E-state index contributed by atoms with van der Waals surface area (Å²) in [5, 5.41) is 19.4. The van der Waals surface area contributed by atoms with E-state index in [4.69, 9.17) is 0 Å². The summed E-state index contributed by atoms with van der Waals surface area (Å²) in [6.45, 7) is 4.57. The predicted octanol–water partition coefficient (Wildman–Crippen LogP) is 1.01. The number of aromatic nitrogens is 6. The minimum absolute atomic E-state index is 0.0935. The molecule has 1 fully saturated rings. The van der Waals surface area contributed by atoms with Gasteiger partial charge in [-0.3, -0.25) is 9.48 Å². The first kappa shape index (κ1) is 17.8. The fraction of sp³-hybridized carbons (Fsp3) is 0.333. The summed E-state index contributed by atoms with van der Waals surface area (Å²) in [6.07, 6.45) is 3.43. The lowest BCUT2D eigenvalue weighted by molar-refractivity contribution is 0.0740. The maximum Gasteiger partial charge on any atom is 0.276 e. The third-order valence-electron chi connectivity index (χ3n) is 4.53. The summed E-state index contributed by atoms with van der Waals surface area (Å²) >= 11 is 0. The number of aryl methyl sites for hydroxylation is 2. The zero-order valence-corrected chi connectivity index (χ0v) is 15.8. The molecule has 0 radical (unpaired) electrons. The van der Waals surface area contributed by atoms with Crippen molar-refractivity contribution in [3.8, 4) is 0 Å². The standard InChI is InChI=1S/C18H21N9O/c1-13-3-4-15(19-11-13)20-16-5-6-17(23-22-16)26-7-9-27(10-8-26)18(28)14-12-25(2)24-21-14/h3-6,11-12H,7-10H2,1-2H3,(H,19,20,22). The van der Waals surface area contributed by atoms with Gasteiger partial charge in [0.25, 0.3) is 5.91 Å². The lowest BCUT2D eigenvalue weighted by Crippen LogP contribution is -2.49. The number of nitrogens with one attached hydrogen (secondary N) is 1. The van der Waals surface area contributed by atoms with Crippen LogP contribution in [0.5, 0.6) is 0 Å². The van der Waals surface area contributed by atoms with E-state index in [1.165, 1.54) is 4.68 Å². The highest BCUT2D eigenvalue weighted by Crippen LogP contribution is 2.17. The fourth-order valence-electron chi connectivity index (χ4n) is 2.98. The van der Waals surface area contributed by atoms with Crippen molar-refractivity contribution in [1.82, 2.24) is 35.1 Å². The molecule has 0 saturated carbocycles. The van der Waals surface area contributed by atoms with E-state index in [0.29, 0.717) is 37.7 Å². The molecule has 10 heteroatoms.